The topological polar surface area (TPSA) is 52.0 Å². The van der Waals surface area contributed by atoms with Crippen molar-refractivity contribution in [1.29, 1.82) is 0 Å². The number of nitrogens with zero attached hydrogens (tertiary/aromatic N) is 3. The molecule has 2 saturated heterocycles. The largest absolute Gasteiger partial charge is 0.375 e. The van der Waals surface area contributed by atoms with Crippen LogP contribution in [0.3, 0.4) is 0 Å². The van der Waals surface area contributed by atoms with Crippen molar-refractivity contribution in [1.82, 2.24) is 20.3 Å². The van der Waals surface area contributed by atoms with E-state index < -0.39 is 0 Å². The van der Waals surface area contributed by atoms with E-state index in [2.05, 4.69) is 15.6 Å². The van der Waals surface area contributed by atoms with Crippen LogP contribution in [0.1, 0.15) is 37.4 Å². The van der Waals surface area contributed by atoms with E-state index in [1.54, 1.807) is 0 Å². The molecule has 1 unspecified atom stereocenters. The number of ether oxygens (including phenoxy) is 1. The average molecular weight is 285 g/mol. The van der Waals surface area contributed by atoms with Crippen LogP contribution in [0.2, 0.25) is 0 Å². The molecule has 0 amide bonds. The molecule has 1 aromatic heterocycles. The Morgan fingerprint density at radius 1 is 1.47 bits per heavy atom. The SMILES string of the molecule is ClCCc1cn(C2CCOC3(CCNCC3)C2)nn1. The molecule has 5 nitrogen and oxygen atoms in total. The summed E-state index contributed by atoms with van der Waals surface area (Å²) in [5.41, 5.74) is 1.05. The first-order valence-electron chi connectivity index (χ1n) is 7.13. The molecule has 0 aliphatic carbocycles. The Hall–Kier alpha value is -0.650. The molecule has 6 heteroatoms. The maximum absolute atomic E-state index is 6.09. The molecule has 1 spiro atoms. The van der Waals surface area contributed by atoms with Crippen molar-refractivity contribution in [2.75, 3.05) is 25.6 Å². The highest BCUT2D eigenvalue weighted by atomic mass is 35.5. The Kier molecular flexibility index (Phi) is 4.05. The smallest absolute Gasteiger partial charge is 0.0839 e. The van der Waals surface area contributed by atoms with E-state index >= 15 is 0 Å². The molecule has 3 heterocycles. The van der Waals surface area contributed by atoms with Gasteiger partial charge in [0.15, 0.2) is 0 Å². The van der Waals surface area contributed by atoms with Crippen molar-refractivity contribution in [2.24, 2.45) is 0 Å². The number of rotatable bonds is 3. The number of halogens is 1. The van der Waals surface area contributed by atoms with Gasteiger partial charge >= 0.3 is 0 Å². The summed E-state index contributed by atoms with van der Waals surface area (Å²) in [5, 5.41) is 11.9. The van der Waals surface area contributed by atoms with Crippen molar-refractivity contribution < 1.29 is 4.74 Å². The Bertz CT molecular complexity index is 411. The van der Waals surface area contributed by atoms with Gasteiger partial charge in [-0.2, -0.15) is 0 Å². The molecular weight excluding hydrogens is 264 g/mol. The average Bonchev–Trinajstić information content (AvgIpc) is 2.89. The lowest BCUT2D eigenvalue weighted by Gasteiger charge is -2.43. The third-order valence-electron chi connectivity index (χ3n) is 4.26. The highest BCUT2D eigenvalue weighted by molar-refractivity contribution is 6.17. The van der Waals surface area contributed by atoms with Gasteiger partial charge in [0, 0.05) is 25.1 Å². The van der Waals surface area contributed by atoms with Crippen LogP contribution in [-0.2, 0) is 11.2 Å². The van der Waals surface area contributed by atoms with E-state index in [9.17, 15) is 0 Å². The highest BCUT2D eigenvalue weighted by Crippen LogP contribution is 2.37. The van der Waals surface area contributed by atoms with Crippen LogP contribution in [0.4, 0.5) is 0 Å². The molecular formula is C13H21ClN4O. The van der Waals surface area contributed by atoms with Crippen molar-refractivity contribution in [2.45, 2.75) is 43.7 Å². The van der Waals surface area contributed by atoms with Gasteiger partial charge in [0.05, 0.1) is 17.3 Å². The molecule has 1 atom stereocenters. The Morgan fingerprint density at radius 3 is 3.11 bits per heavy atom. The number of hydrogen-bond donors (Lipinski definition) is 1. The summed E-state index contributed by atoms with van der Waals surface area (Å²) in [6, 6.07) is 0.420. The number of piperidine rings is 1. The molecule has 0 bridgehead atoms. The van der Waals surface area contributed by atoms with E-state index in [4.69, 9.17) is 16.3 Å². The second-order valence-electron chi connectivity index (χ2n) is 5.56. The fraction of sp³-hybridized carbons (Fsp3) is 0.846. The number of aryl methyl sites for hydroxylation is 1. The van der Waals surface area contributed by atoms with E-state index in [1.165, 1.54) is 0 Å². The maximum atomic E-state index is 6.09. The summed E-state index contributed by atoms with van der Waals surface area (Å²) in [6.45, 7) is 2.94. The lowest BCUT2D eigenvalue weighted by Crippen LogP contribution is -2.48. The van der Waals surface area contributed by atoms with Crippen molar-refractivity contribution in [3.05, 3.63) is 11.9 Å². The second kappa shape index (κ2) is 5.77. The highest BCUT2D eigenvalue weighted by Gasteiger charge is 2.39. The number of alkyl halides is 1. The van der Waals surface area contributed by atoms with E-state index in [0.717, 1.165) is 57.5 Å². The first kappa shape index (κ1) is 13.3. The van der Waals surface area contributed by atoms with Crippen molar-refractivity contribution in [3.63, 3.8) is 0 Å². The van der Waals surface area contributed by atoms with Gasteiger partial charge in [0.25, 0.3) is 0 Å². The summed E-state index contributed by atoms with van der Waals surface area (Å²) in [6.07, 6.45) is 7.13. The summed E-state index contributed by atoms with van der Waals surface area (Å²) < 4.78 is 8.11. The Morgan fingerprint density at radius 2 is 2.32 bits per heavy atom. The van der Waals surface area contributed by atoms with Gasteiger partial charge in [-0.3, -0.25) is 0 Å². The Balaban J connectivity index is 1.69. The second-order valence-corrected chi connectivity index (χ2v) is 5.93. The molecule has 0 radical (unpaired) electrons. The predicted molar refractivity (Wildman–Crippen MR) is 73.5 cm³/mol. The first-order chi connectivity index (χ1) is 9.31. The van der Waals surface area contributed by atoms with Gasteiger partial charge in [-0.25, -0.2) is 4.68 Å². The minimum Gasteiger partial charge on any atom is -0.375 e. The molecule has 3 rings (SSSR count). The molecule has 0 saturated carbocycles. The van der Waals surface area contributed by atoms with Crippen molar-refractivity contribution in [3.8, 4) is 0 Å². The van der Waals surface area contributed by atoms with Gasteiger partial charge < -0.3 is 10.1 Å². The van der Waals surface area contributed by atoms with Crippen LogP contribution in [-0.4, -0.2) is 46.2 Å². The van der Waals surface area contributed by atoms with Gasteiger partial charge in [-0.05, 0) is 38.8 Å². The predicted octanol–water partition coefficient (Wildman–Crippen LogP) is 1.53. The molecule has 1 N–H and O–H groups in total. The summed E-state index contributed by atoms with van der Waals surface area (Å²) in [5.74, 6) is 0.599. The zero-order valence-electron chi connectivity index (χ0n) is 11.1. The van der Waals surface area contributed by atoms with Gasteiger partial charge in [0.2, 0.25) is 0 Å². The van der Waals surface area contributed by atoms with Crippen molar-refractivity contribution >= 4 is 11.6 Å². The molecule has 1 aromatic rings. The van der Waals surface area contributed by atoms with Crippen LogP contribution < -0.4 is 5.32 Å². The minimum absolute atomic E-state index is 0.0623. The van der Waals surface area contributed by atoms with Crippen LogP contribution in [0.25, 0.3) is 0 Å². The maximum Gasteiger partial charge on any atom is 0.0839 e. The summed E-state index contributed by atoms with van der Waals surface area (Å²) in [7, 11) is 0. The molecule has 106 valence electrons. The number of nitrogens with one attached hydrogen (secondary N) is 1. The fourth-order valence-electron chi connectivity index (χ4n) is 3.16. The zero-order chi connectivity index (χ0) is 13.1. The van der Waals surface area contributed by atoms with Crippen LogP contribution in [0, 0.1) is 0 Å². The zero-order valence-corrected chi connectivity index (χ0v) is 11.9. The summed E-state index contributed by atoms with van der Waals surface area (Å²) >= 11 is 5.74. The molecule has 2 aliphatic heterocycles. The van der Waals surface area contributed by atoms with E-state index in [0.29, 0.717) is 11.9 Å². The minimum atomic E-state index is 0.0623. The number of hydrogen-bond acceptors (Lipinski definition) is 4. The standard InChI is InChI=1S/C13H21ClN4O/c14-5-1-11-10-18(17-16-11)12-2-8-19-13(9-12)3-6-15-7-4-13/h10,12,15H,1-9H2. The van der Waals surface area contributed by atoms with Crippen LogP contribution in [0.15, 0.2) is 6.20 Å². The van der Waals surface area contributed by atoms with Gasteiger partial charge in [0.1, 0.15) is 0 Å². The van der Waals surface area contributed by atoms with E-state index in [1.807, 2.05) is 10.9 Å². The monoisotopic (exact) mass is 284 g/mol. The molecule has 0 aromatic carbocycles. The normalized spacial score (nSPS) is 26.7. The lowest BCUT2D eigenvalue weighted by atomic mass is 9.83. The van der Waals surface area contributed by atoms with Crippen LogP contribution in [0.5, 0.6) is 0 Å². The molecule has 2 aliphatic rings. The quantitative estimate of drug-likeness (QED) is 0.856. The van der Waals surface area contributed by atoms with Crippen LogP contribution >= 0.6 is 11.6 Å². The number of aromatic nitrogens is 3. The van der Waals surface area contributed by atoms with Gasteiger partial charge in [-0.1, -0.05) is 5.21 Å². The first-order valence-corrected chi connectivity index (χ1v) is 7.66. The molecule has 2 fully saturated rings. The lowest BCUT2D eigenvalue weighted by molar-refractivity contribution is -0.112. The van der Waals surface area contributed by atoms with Gasteiger partial charge in [-0.15, -0.1) is 16.7 Å². The Labute approximate surface area is 118 Å². The third-order valence-corrected chi connectivity index (χ3v) is 4.45. The molecule has 19 heavy (non-hydrogen) atoms. The third kappa shape index (κ3) is 2.93. The fourth-order valence-corrected chi connectivity index (χ4v) is 3.36. The van der Waals surface area contributed by atoms with E-state index in [-0.39, 0.29) is 5.60 Å². The summed E-state index contributed by atoms with van der Waals surface area (Å²) in [4.78, 5) is 0.